The normalized spacial score (nSPS) is 20.1. The second-order valence-electron chi connectivity index (χ2n) is 12.2. The van der Waals surface area contributed by atoms with Gasteiger partial charge in [-0.1, -0.05) is 60.7 Å². The van der Waals surface area contributed by atoms with Gasteiger partial charge in [0, 0.05) is 49.8 Å². The average Bonchev–Trinajstić information content (AvgIpc) is 3.68. The highest BCUT2D eigenvalue weighted by atomic mass is 19.2. The number of ether oxygens (including phenoxy) is 1. The van der Waals surface area contributed by atoms with Gasteiger partial charge in [-0.05, 0) is 54.2 Å². The van der Waals surface area contributed by atoms with Crippen LogP contribution in [0, 0.1) is 24.5 Å². The van der Waals surface area contributed by atoms with Crippen LogP contribution >= 0.6 is 0 Å². The molecule has 3 aromatic carbocycles. The Labute approximate surface area is 261 Å². The third kappa shape index (κ3) is 4.90. The van der Waals surface area contributed by atoms with Crippen LogP contribution in [-0.2, 0) is 28.9 Å². The number of rotatable bonds is 7. The molecule has 0 radical (unpaired) electrons. The Balaban J connectivity index is 1.55. The highest BCUT2D eigenvalue weighted by Gasteiger charge is 2.64. The van der Waals surface area contributed by atoms with Crippen LogP contribution in [0.15, 0.2) is 78.9 Å². The van der Waals surface area contributed by atoms with Crippen molar-refractivity contribution in [2.45, 2.75) is 37.8 Å². The minimum atomic E-state index is -1.43. The fourth-order valence-electron chi connectivity index (χ4n) is 7.27. The van der Waals surface area contributed by atoms with E-state index in [1.807, 2.05) is 36.4 Å². The van der Waals surface area contributed by atoms with Crippen molar-refractivity contribution in [3.8, 4) is 0 Å². The Morgan fingerprint density at radius 1 is 0.956 bits per heavy atom. The van der Waals surface area contributed by atoms with E-state index in [-0.39, 0.29) is 48.4 Å². The average molecular weight is 612 g/mol. The van der Waals surface area contributed by atoms with Gasteiger partial charge in [0.2, 0.25) is 0 Å². The van der Waals surface area contributed by atoms with Crippen molar-refractivity contribution in [2.75, 3.05) is 27.7 Å². The molecule has 1 saturated heterocycles. The lowest BCUT2D eigenvalue weighted by Gasteiger charge is -2.40. The molecule has 6 rings (SSSR count). The fraction of sp³-hybridized carbons (Fsp3) is 0.306. The van der Waals surface area contributed by atoms with Crippen LogP contribution in [0.5, 0.6) is 0 Å². The highest BCUT2D eigenvalue weighted by molar-refractivity contribution is 6.00. The van der Waals surface area contributed by atoms with Crippen molar-refractivity contribution in [1.29, 1.82) is 0 Å². The van der Waals surface area contributed by atoms with Gasteiger partial charge >= 0.3 is 5.97 Å². The van der Waals surface area contributed by atoms with E-state index in [0.717, 1.165) is 16.8 Å². The number of fused-ring (bicyclic) bond motifs is 3. The molecular weight excluding hydrogens is 576 g/mol. The molecule has 1 aromatic heterocycles. The molecule has 9 heteroatoms. The largest absolute Gasteiger partial charge is 0.467 e. The van der Waals surface area contributed by atoms with Crippen molar-refractivity contribution < 1.29 is 27.9 Å². The van der Waals surface area contributed by atoms with Crippen molar-refractivity contribution in [1.82, 2.24) is 14.4 Å². The van der Waals surface area contributed by atoms with Crippen molar-refractivity contribution in [3.63, 3.8) is 0 Å². The van der Waals surface area contributed by atoms with E-state index in [0.29, 0.717) is 17.7 Å². The summed E-state index contributed by atoms with van der Waals surface area (Å²) in [7, 11) is 4.58. The second kappa shape index (κ2) is 11.6. The van der Waals surface area contributed by atoms with Gasteiger partial charge in [0.05, 0.1) is 13.7 Å². The minimum absolute atomic E-state index is 0.0662. The summed E-state index contributed by atoms with van der Waals surface area (Å²) in [6, 6.07) is 23.2. The summed E-state index contributed by atoms with van der Waals surface area (Å²) >= 11 is 0. The molecular formula is C36H35F2N3O4. The number of carbonyl (C=O) groups excluding carboxylic acids is 3. The van der Waals surface area contributed by atoms with Crippen LogP contribution in [0.25, 0.3) is 0 Å². The number of nitrogens with zero attached hydrogens (tertiary/aromatic N) is 3. The van der Waals surface area contributed by atoms with Crippen molar-refractivity contribution in [2.24, 2.45) is 5.92 Å². The molecule has 7 nitrogen and oxygen atoms in total. The van der Waals surface area contributed by atoms with Gasteiger partial charge < -0.3 is 19.1 Å². The predicted molar refractivity (Wildman–Crippen MR) is 165 cm³/mol. The Kier molecular flexibility index (Phi) is 7.81. The number of benzene rings is 3. The monoisotopic (exact) mass is 611 g/mol. The van der Waals surface area contributed by atoms with E-state index in [9.17, 15) is 18.8 Å². The molecule has 2 aliphatic rings. The first-order chi connectivity index (χ1) is 21.6. The minimum Gasteiger partial charge on any atom is -0.467 e. The Bertz CT molecular complexity index is 1790. The molecule has 45 heavy (non-hydrogen) atoms. The number of methoxy groups -OCH3 is 1. The molecule has 1 aliphatic heterocycles. The number of halogens is 2. The van der Waals surface area contributed by atoms with Crippen LogP contribution in [0.1, 0.15) is 54.7 Å². The van der Waals surface area contributed by atoms with Crippen LogP contribution in [0.3, 0.4) is 0 Å². The Morgan fingerprint density at radius 3 is 2.27 bits per heavy atom. The number of likely N-dealkylation sites (tertiary alicyclic amines) is 1. The topological polar surface area (TPSA) is 71.9 Å². The molecule has 1 aliphatic carbocycles. The van der Waals surface area contributed by atoms with E-state index in [2.05, 4.69) is 0 Å². The number of amides is 2. The summed E-state index contributed by atoms with van der Waals surface area (Å²) < 4.78 is 37.0. The smallest absolute Gasteiger partial charge is 0.332 e. The first kappa shape index (κ1) is 30.2. The molecule has 3 atom stereocenters. The van der Waals surface area contributed by atoms with Gasteiger partial charge in [0.25, 0.3) is 11.8 Å². The van der Waals surface area contributed by atoms with Gasteiger partial charge in [-0.15, -0.1) is 0 Å². The molecule has 2 heterocycles. The maximum Gasteiger partial charge on any atom is 0.332 e. The maximum atomic E-state index is 15.2. The van der Waals surface area contributed by atoms with Gasteiger partial charge in [-0.25, -0.2) is 13.6 Å². The molecule has 1 fully saturated rings. The van der Waals surface area contributed by atoms with E-state index in [1.165, 1.54) is 31.1 Å². The van der Waals surface area contributed by atoms with Gasteiger partial charge in [-0.3, -0.25) is 9.59 Å². The quantitative estimate of drug-likeness (QED) is 0.263. The molecule has 4 aromatic rings. The fourth-order valence-corrected chi connectivity index (χ4v) is 7.27. The maximum absolute atomic E-state index is 15.2. The summed E-state index contributed by atoms with van der Waals surface area (Å²) in [5, 5.41) is 0. The summed E-state index contributed by atoms with van der Waals surface area (Å²) in [5.41, 5.74) is 2.00. The standard InChI is InChI=1S/C36H35F2N3O4/c1-22-15-16-25(32(38)31(22)37)20-40-28-17-26-21-41(33(42)24-13-9-6-10-14-24)36(35(44)45-4,19-23-11-7-5-8-12-23)30(26)27(28)18-29(40)34(43)39(2)3/h5-16,18,26,30H,17,19-21H2,1-4H3/t26-,30+,36+/m0/s1. The lowest BCUT2D eigenvalue weighted by molar-refractivity contribution is -0.153. The summed E-state index contributed by atoms with van der Waals surface area (Å²) in [4.78, 5) is 45.0. The second-order valence-corrected chi connectivity index (χ2v) is 12.2. The summed E-state index contributed by atoms with van der Waals surface area (Å²) in [6.45, 7) is 1.71. The number of aromatic nitrogens is 1. The zero-order valence-corrected chi connectivity index (χ0v) is 25.7. The molecule has 0 N–H and O–H groups in total. The molecule has 0 bridgehead atoms. The number of hydrogen-bond donors (Lipinski definition) is 0. The van der Waals surface area contributed by atoms with Crippen LogP contribution < -0.4 is 0 Å². The third-order valence-electron chi connectivity index (χ3n) is 9.35. The van der Waals surface area contributed by atoms with Gasteiger partial charge in [0.1, 0.15) is 5.69 Å². The predicted octanol–water partition coefficient (Wildman–Crippen LogP) is 5.39. The zero-order valence-electron chi connectivity index (χ0n) is 25.7. The number of hydrogen-bond acceptors (Lipinski definition) is 4. The Hall–Kier alpha value is -4.79. The first-order valence-electron chi connectivity index (χ1n) is 14.9. The van der Waals surface area contributed by atoms with Crippen molar-refractivity contribution >= 4 is 17.8 Å². The third-order valence-corrected chi connectivity index (χ3v) is 9.35. The van der Waals surface area contributed by atoms with Crippen LogP contribution in [-0.4, -0.2) is 65.4 Å². The number of esters is 1. The molecule has 0 spiro atoms. The van der Waals surface area contributed by atoms with E-state index < -0.39 is 29.1 Å². The lowest BCUT2D eigenvalue weighted by atomic mass is 9.75. The van der Waals surface area contributed by atoms with Crippen LogP contribution in [0.4, 0.5) is 8.78 Å². The van der Waals surface area contributed by atoms with Crippen LogP contribution in [0.2, 0.25) is 0 Å². The first-order valence-corrected chi connectivity index (χ1v) is 14.9. The van der Waals surface area contributed by atoms with E-state index >= 15 is 4.39 Å². The molecule has 0 saturated carbocycles. The SMILES string of the molecule is COC(=O)[C@@]1(Cc2ccccc2)[C@H]2c3cc(C(=O)N(C)C)n(Cc4ccc(C)c(F)c4F)c3C[C@H]2CN1C(=O)c1ccccc1. The van der Waals surface area contributed by atoms with E-state index in [4.69, 9.17) is 4.74 Å². The lowest BCUT2D eigenvalue weighted by Crippen LogP contribution is -2.58. The Morgan fingerprint density at radius 2 is 1.62 bits per heavy atom. The number of carbonyl (C=O) groups is 3. The zero-order chi connectivity index (χ0) is 32.0. The number of aryl methyl sites for hydroxylation is 1. The van der Waals surface area contributed by atoms with E-state index in [1.54, 1.807) is 53.9 Å². The summed E-state index contributed by atoms with van der Waals surface area (Å²) in [6.07, 6.45) is 0.627. The molecule has 2 amide bonds. The van der Waals surface area contributed by atoms with Gasteiger partial charge in [0.15, 0.2) is 17.2 Å². The van der Waals surface area contributed by atoms with Crippen molar-refractivity contribution in [3.05, 3.63) is 130 Å². The van der Waals surface area contributed by atoms with Gasteiger partial charge in [-0.2, -0.15) is 0 Å². The summed E-state index contributed by atoms with van der Waals surface area (Å²) in [5.74, 6) is -3.70. The molecule has 0 unspecified atom stereocenters. The molecule has 232 valence electrons. The highest BCUT2D eigenvalue weighted by Crippen LogP contribution is 2.55.